The number of aliphatic hydroxyl groups excluding tert-OH is 1. The zero-order valence-corrected chi connectivity index (χ0v) is 15.4. The number of carbonyl (C=O) groups is 1. The maximum atomic E-state index is 13.3. The molecule has 5 nitrogen and oxygen atoms in total. The predicted molar refractivity (Wildman–Crippen MR) is 95.8 cm³/mol. The summed E-state index contributed by atoms with van der Waals surface area (Å²) >= 11 is 5.69. The van der Waals surface area contributed by atoms with E-state index in [0.29, 0.717) is 0 Å². The lowest BCUT2D eigenvalue weighted by Crippen LogP contribution is -2.45. The summed E-state index contributed by atoms with van der Waals surface area (Å²) in [6.45, 7) is 1.57. The third-order valence-electron chi connectivity index (χ3n) is 4.38. The second-order valence-electron chi connectivity index (χ2n) is 6.47. The Morgan fingerprint density at radius 2 is 2.04 bits per heavy atom. The van der Waals surface area contributed by atoms with E-state index >= 15 is 0 Å². The molecule has 0 spiro atoms. The number of hydrogen-bond donors (Lipinski definition) is 2. The number of hydrogen-bond acceptors (Lipinski definition) is 4. The number of carbonyl (C=O) groups excluding carboxylic acids is 1. The van der Waals surface area contributed by atoms with E-state index in [1.54, 1.807) is 0 Å². The molecule has 2 aromatic rings. The van der Waals surface area contributed by atoms with Crippen molar-refractivity contribution < 1.29 is 27.5 Å². The summed E-state index contributed by atoms with van der Waals surface area (Å²) in [5, 5.41) is 12.5. The first-order valence-corrected chi connectivity index (χ1v) is 8.70. The smallest absolute Gasteiger partial charge is 0.390 e. The zero-order valence-electron chi connectivity index (χ0n) is 14.6. The first-order valence-electron chi connectivity index (χ1n) is 8.33. The molecule has 1 amide bonds. The molecule has 0 saturated carbocycles. The molecule has 150 valence electrons. The van der Waals surface area contributed by atoms with Crippen LogP contribution in [0.2, 0.25) is 5.02 Å². The number of nitrogens with zero attached hydrogens (tertiary/aromatic N) is 2. The third-order valence-corrected chi connectivity index (χ3v) is 4.67. The number of aliphatic hydroxyl groups is 1. The zero-order chi connectivity index (χ0) is 20.6. The van der Waals surface area contributed by atoms with E-state index in [4.69, 9.17) is 11.6 Å². The number of benzene rings is 1. The maximum absolute atomic E-state index is 13.3. The van der Waals surface area contributed by atoms with Crippen molar-refractivity contribution in [2.45, 2.75) is 31.7 Å². The minimum Gasteiger partial charge on any atom is -0.390 e. The molecular formula is C18H16ClF4N3O2. The van der Waals surface area contributed by atoms with Gasteiger partial charge in [0.15, 0.2) is 0 Å². The highest BCUT2D eigenvalue weighted by Gasteiger charge is 2.40. The molecule has 1 fully saturated rings. The van der Waals surface area contributed by atoms with Crippen LogP contribution in [0.3, 0.4) is 0 Å². The number of alkyl halides is 3. The monoisotopic (exact) mass is 417 g/mol. The van der Waals surface area contributed by atoms with Crippen molar-refractivity contribution in [1.82, 2.24) is 4.98 Å². The van der Waals surface area contributed by atoms with Gasteiger partial charge in [-0.3, -0.25) is 4.79 Å². The Balaban J connectivity index is 1.89. The molecule has 1 aliphatic rings. The average Bonchev–Trinajstić information content (AvgIpc) is 2.98. The molecule has 2 atom stereocenters. The average molecular weight is 418 g/mol. The van der Waals surface area contributed by atoms with Crippen LogP contribution in [0.5, 0.6) is 0 Å². The standard InChI is InChI=1S/C18H16ClF4N3O2/c1-9-6-10(18(21,22)23)7-15(24-9)26-5-4-14(27)16(26)17(28)25-11-2-3-13(20)12(19)8-11/h2-3,6-8,14,16,27H,4-5H2,1H3,(H,25,28)/t14-,16+/m1/s1. The highest BCUT2D eigenvalue weighted by atomic mass is 35.5. The van der Waals surface area contributed by atoms with Crippen LogP contribution in [0.4, 0.5) is 29.1 Å². The topological polar surface area (TPSA) is 65.5 Å². The second-order valence-corrected chi connectivity index (χ2v) is 6.87. The van der Waals surface area contributed by atoms with Gasteiger partial charge in [-0.05, 0) is 43.7 Å². The van der Waals surface area contributed by atoms with Crippen LogP contribution in [0.25, 0.3) is 0 Å². The first-order chi connectivity index (χ1) is 13.1. The van der Waals surface area contributed by atoms with E-state index in [1.807, 2.05) is 0 Å². The van der Waals surface area contributed by atoms with Crippen LogP contribution < -0.4 is 10.2 Å². The van der Waals surface area contributed by atoms with E-state index in [1.165, 1.54) is 24.0 Å². The summed E-state index contributed by atoms with van der Waals surface area (Å²) in [5.41, 5.74) is -0.555. The number of rotatable bonds is 3. The first kappa shape index (κ1) is 20.3. The predicted octanol–water partition coefficient (Wildman–Crippen LogP) is 3.78. The molecule has 2 N–H and O–H groups in total. The van der Waals surface area contributed by atoms with E-state index in [-0.39, 0.29) is 35.2 Å². The normalized spacial score (nSPS) is 19.8. The summed E-state index contributed by atoms with van der Waals surface area (Å²) < 4.78 is 52.6. The van der Waals surface area contributed by atoms with Gasteiger partial charge in [-0.25, -0.2) is 9.37 Å². The quantitative estimate of drug-likeness (QED) is 0.746. The number of aromatic nitrogens is 1. The summed E-state index contributed by atoms with van der Waals surface area (Å²) in [4.78, 5) is 18.1. The molecule has 2 heterocycles. The summed E-state index contributed by atoms with van der Waals surface area (Å²) in [7, 11) is 0. The SMILES string of the molecule is Cc1cc(C(F)(F)F)cc(N2CC[C@@H](O)[C@H]2C(=O)Nc2ccc(F)c(Cl)c2)n1. The highest BCUT2D eigenvalue weighted by Crippen LogP contribution is 2.34. The Hall–Kier alpha value is -2.39. The fraction of sp³-hybridized carbons (Fsp3) is 0.333. The molecule has 1 aromatic carbocycles. The van der Waals surface area contributed by atoms with Gasteiger partial charge in [0.1, 0.15) is 17.7 Å². The van der Waals surface area contributed by atoms with Gasteiger partial charge in [0.2, 0.25) is 5.91 Å². The number of amides is 1. The van der Waals surface area contributed by atoms with Crippen molar-refractivity contribution >= 4 is 29.0 Å². The van der Waals surface area contributed by atoms with Crippen molar-refractivity contribution in [3.8, 4) is 0 Å². The van der Waals surface area contributed by atoms with Crippen molar-refractivity contribution in [2.24, 2.45) is 0 Å². The fourth-order valence-corrected chi connectivity index (χ4v) is 3.28. The van der Waals surface area contributed by atoms with Gasteiger partial charge in [0, 0.05) is 17.9 Å². The molecule has 3 rings (SSSR count). The number of anilines is 2. The fourth-order valence-electron chi connectivity index (χ4n) is 3.10. The van der Waals surface area contributed by atoms with E-state index in [9.17, 15) is 27.5 Å². The lowest BCUT2D eigenvalue weighted by Gasteiger charge is -2.27. The van der Waals surface area contributed by atoms with Crippen molar-refractivity contribution in [1.29, 1.82) is 0 Å². The van der Waals surface area contributed by atoms with Crippen molar-refractivity contribution in [2.75, 3.05) is 16.8 Å². The molecule has 0 bridgehead atoms. The third kappa shape index (κ3) is 4.20. The lowest BCUT2D eigenvalue weighted by molar-refractivity contribution is -0.137. The molecule has 1 aliphatic heterocycles. The Bertz CT molecular complexity index is 907. The molecule has 0 radical (unpaired) electrons. The van der Waals surface area contributed by atoms with Gasteiger partial charge in [-0.15, -0.1) is 0 Å². The van der Waals surface area contributed by atoms with E-state index in [2.05, 4.69) is 10.3 Å². The van der Waals surface area contributed by atoms with Gasteiger partial charge >= 0.3 is 6.18 Å². The van der Waals surface area contributed by atoms with Crippen LogP contribution in [-0.4, -0.2) is 34.7 Å². The maximum Gasteiger partial charge on any atom is 0.416 e. The second kappa shape index (κ2) is 7.56. The van der Waals surface area contributed by atoms with Crippen LogP contribution in [0.15, 0.2) is 30.3 Å². The van der Waals surface area contributed by atoms with E-state index < -0.39 is 35.6 Å². The highest BCUT2D eigenvalue weighted by molar-refractivity contribution is 6.31. The van der Waals surface area contributed by atoms with Gasteiger partial charge in [0.25, 0.3) is 0 Å². The molecule has 28 heavy (non-hydrogen) atoms. The minimum atomic E-state index is -4.57. The summed E-state index contributed by atoms with van der Waals surface area (Å²) in [6, 6.07) is 4.16. The van der Waals surface area contributed by atoms with Gasteiger partial charge in [0.05, 0.1) is 16.7 Å². The number of nitrogens with one attached hydrogen (secondary N) is 1. The van der Waals surface area contributed by atoms with Gasteiger partial charge < -0.3 is 15.3 Å². The van der Waals surface area contributed by atoms with Gasteiger partial charge in [-0.2, -0.15) is 13.2 Å². The minimum absolute atomic E-state index is 0.0545. The molecule has 0 aliphatic carbocycles. The van der Waals surface area contributed by atoms with Crippen molar-refractivity contribution in [3.63, 3.8) is 0 Å². The Morgan fingerprint density at radius 1 is 1.32 bits per heavy atom. The Morgan fingerprint density at radius 3 is 2.68 bits per heavy atom. The number of pyridine rings is 1. The largest absolute Gasteiger partial charge is 0.416 e. The molecule has 1 saturated heterocycles. The Labute approximate surface area is 162 Å². The van der Waals surface area contributed by atoms with Gasteiger partial charge in [-0.1, -0.05) is 11.6 Å². The number of halogens is 5. The van der Waals surface area contributed by atoms with Crippen LogP contribution in [0.1, 0.15) is 17.7 Å². The summed E-state index contributed by atoms with van der Waals surface area (Å²) in [6.07, 6.45) is -5.49. The van der Waals surface area contributed by atoms with Crippen LogP contribution in [0, 0.1) is 12.7 Å². The lowest BCUT2D eigenvalue weighted by atomic mass is 10.1. The Kier molecular flexibility index (Phi) is 5.49. The summed E-state index contributed by atoms with van der Waals surface area (Å²) in [5.74, 6) is -1.38. The van der Waals surface area contributed by atoms with Crippen LogP contribution >= 0.6 is 11.6 Å². The van der Waals surface area contributed by atoms with Crippen molar-refractivity contribution in [3.05, 3.63) is 52.4 Å². The molecule has 10 heteroatoms. The number of aryl methyl sites for hydroxylation is 1. The molecule has 1 aromatic heterocycles. The molecule has 0 unspecified atom stereocenters. The molecular weight excluding hydrogens is 402 g/mol. The van der Waals surface area contributed by atoms with E-state index in [0.717, 1.165) is 18.2 Å². The van der Waals surface area contributed by atoms with Crippen LogP contribution in [-0.2, 0) is 11.0 Å².